The van der Waals surface area contributed by atoms with Gasteiger partial charge in [0, 0.05) is 11.1 Å². The lowest BCUT2D eigenvalue weighted by atomic mass is 10.2. The van der Waals surface area contributed by atoms with Gasteiger partial charge in [0.2, 0.25) is 0 Å². The van der Waals surface area contributed by atoms with Crippen molar-refractivity contribution in [2.45, 2.75) is 0 Å². The second kappa shape index (κ2) is 6.44. The molecular formula is C17H10FNO2S2. The Morgan fingerprint density at radius 2 is 1.74 bits per heavy atom. The van der Waals surface area contributed by atoms with E-state index in [1.165, 1.54) is 12.1 Å². The maximum atomic E-state index is 13.7. The van der Waals surface area contributed by atoms with Crippen LogP contribution < -0.4 is 0 Å². The quantitative estimate of drug-likeness (QED) is 0.471. The number of rotatable bonds is 2. The fraction of sp³-hybridized carbons (Fsp3) is 0. The molecule has 0 spiro atoms. The summed E-state index contributed by atoms with van der Waals surface area (Å²) < 4.78 is 13.9. The standard InChI is InChI=1S/C17H10FNO2S2/c18-13-9-5-4-8-12(13)10-14-16(21)19(17(22)23-14)15(20)11-6-2-1-3-7-11/h1-10H. The van der Waals surface area contributed by atoms with Crippen molar-refractivity contribution in [3.8, 4) is 0 Å². The number of benzene rings is 2. The van der Waals surface area contributed by atoms with Crippen molar-refractivity contribution in [2.75, 3.05) is 0 Å². The van der Waals surface area contributed by atoms with Crippen LogP contribution in [-0.2, 0) is 4.79 Å². The van der Waals surface area contributed by atoms with Crippen molar-refractivity contribution in [3.05, 3.63) is 76.4 Å². The predicted molar refractivity (Wildman–Crippen MR) is 92.2 cm³/mol. The van der Waals surface area contributed by atoms with Gasteiger partial charge in [-0.05, 0) is 24.3 Å². The van der Waals surface area contributed by atoms with Crippen LogP contribution in [0.1, 0.15) is 15.9 Å². The lowest BCUT2D eigenvalue weighted by molar-refractivity contribution is -0.120. The third kappa shape index (κ3) is 3.09. The Hall–Kier alpha value is -2.31. The molecule has 3 rings (SSSR count). The van der Waals surface area contributed by atoms with E-state index in [0.29, 0.717) is 5.56 Å². The molecule has 0 saturated carbocycles. The molecular weight excluding hydrogens is 333 g/mol. The van der Waals surface area contributed by atoms with Gasteiger partial charge in [0.15, 0.2) is 4.32 Å². The average molecular weight is 343 g/mol. The zero-order valence-corrected chi connectivity index (χ0v) is 13.4. The summed E-state index contributed by atoms with van der Waals surface area (Å²) in [6.07, 6.45) is 1.41. The summed E-state index contributed by atoms with van der Waals surface area (Å²) >= 11 is 6.12. The van der Waals surface area contributed by atoms with Crippen LogP contribution >= 0.6 is 24.0 Å². The third-order valence-electron chi connectivity index (χ3n) is 3.21. The normalized spacial score (nSPS) is 16.2. The fourth-order valence-corrected chi connectivity index (χ4v) is 3.33. The molecule has 0 aliphatic carbocycles. The van der Waals surface area contributed by atoms with E-state index < -0.39 is 17.6 Å². The number of hydrogen-bond donors (Lipinski definition) is 0. The monoisotopic (exact) mass is 343 g/mol. The molecule has 1 saturated heterocycles. The third-order valence-corrected chi connectivity index (χ3v) is 4.51. The molecule has 1 heterocycles. The molecule has 0 unspecified atom stereocenters. The van der Waals surface area contributed by atoms with Gasteiger partial charge >= 0.3 is 0 Å². The number of carbonyl (C=O) groups excluding carboxylic acids is 2. The van der Waals surface area contributed by atoms with Crippen LogP contribution in [0.5, 0.6) is 0 Å². The van der Waals surface area contributed by atoms with Crippen molar-refractivity contribution in [3.63, 3.8) is 0 Å². The summed E-state index contributed by atoms with van der Waals surface area (Å²) in [7, 11) is 0. The number of hydrogen-bond acceptors (Lipinski definition) is 4. The minimum atomic E-state index is -0.530. The van der Waals surface area contributed by atoms with Crippen LogP contribution in [0.2, 0.25) is 0 Å². The summed E-state index contributed by atoms with van der Waals surface area (Å²) in [5, 5.41) is 0. The van der Waals surface area contributed by atoms with Crippen molar-refractivity contribution in [1.29, 1.82) is 0 Å². The van der Waals surface area contributed by atoms with Gasteiger partial charge in [0.1, 0.15) is 5.82 Å². The summed E-state index contributed by atoms with van der Waals surface area (Å²) in [6, 6.07) is 14.5. The van der Waals surface area contributed by atoms with E-state index in [1.807, 2.05) is 0 Å². The minimum Gasteiger partial charge on any atom is -0.268 e. The smallest absolute Gasteiger partial charge is 0.268 e. The van der Waals surface area contributed by atoms with Gasteiger partial charge in [-0.25, -0.2) is 9.29 Å². The first kappa shape index (κ1) is 15.6. The van der Waals surface area contributed by atoms with E-state index in [-0.39, 0.29) is 14.8 Å². The molecule has 1 fully saturated rings. The van der Waals surface area contributed by atoms with Crippen molar-refractivity contribution < 1.29 is 14.0 Å². The highest BCUT2D eigenvalue weighted by Gasteiger charge is 2.37. The topological polar surface area (TPSA) is 37.4 Å². The molecule has 0 N–H and O–H groups in total. The number of thiocarbonyl (C=S) groups is 1. The summed E-state index contributed by atoms with van der Waals surface area (Å²) in [6.45, 7) is 0. The zero-order chi connectivity index (χ0) is 16.4. The Kier molecular flexibility index (Phi) is 4.36. The van der Waals surface area contributed by atoms with E-state index in [9.17, 15) is 14.0 Å². The van der Waals surface area contributed by atoms with Gasteiger partial charge in [-0.3, -0.25) is 9.59 Å². The molecule has 0 radical (unpaired) electrons. The average Bonchev–Trinajstić information content (AvgIpc) is 2.84. The van der Waals surface area contributed by atoms with Gasteiger partial charge in [0.05, 0.1) is 4.91 Å². The van der Waals surface area contributed by atoms with Crippen LogP contribution in [0.4, 0.5) is 4.39 Å². The first-order chi connectivity index (χ1) is 11.1. The van der Waals surface area contributed by atoms with Gasteiger partial charge in [0.25, 0.3) is 11.8 Å². The number of halogens is 1. The lowest BCUT2D eigenvalue weighted by Crippen LogP contribution is -2.34. The van der Waals surface area contributed by atoms with Crippen LogP contribution in [0.25, 0.3) is 6.08 Å². The first-order valence-corrected chi connectivity index (χ1v) is 7.92. The number of nitrogens with zero attached hydrogens (tertiary/aromatic N) is 1. The highest BCUT2D eigenvalue weighted by molar-refractivity contribution is 8.26. The Morgan fingerprint density at radius 3 is 2.43 bits per heavy atom. The fourth-order valence-electron chi connectivity index (χ4n) is 2.09. The molecule has 1 aliphatic heterocycles. The number of amides is 2. The van der Waals surface area contributed by atoms with Gasteiger partial charge in [-0.15, -0.1) is 0 Å². The van der Waals surface area contributed by atoms with E-state index in [2.05, 4.69) is 0 Å². The second-order valence-corrected chi connectivity index (χ2v) is 6.39. The Labute approximate surface area is 141 Å². The van der Waals surface area contributed by atoms with Crippen LogP contribution in [0.15, 0.2) is 59.5 Å². The molecule has 0 aromatic heterocycles. The Balaban J connectivity index is 1.92. The minimum absolute atomic E-state index is 0.145. The SMILES string of the molecule is O=C1C(=Cc2ccccc2F)SC(=S)N1C(=O)c1ccccc1. The number of imide groups is 1. The van der Waals surface area contributed by atoms with E-state index >= 15 is 0 Å². The summed E-state index contributed by atoms with van der Waals surface area (Å²) in [4.78, 5) is 26.1. The largest absolute Gasteiger partial charge is 0.273 e. The van der Waals surface area contributed by atoms with Gasteiger partial charge < -0.3 is 0 Å². The molecule has 0 atom stereocenters. The summed E-state index contributed by atoms with van der Waals surface area (Å²) in [5.41, 5.74) is 0.649. The molecule has 2 amide bonds. The maximum absolute atomic E-state index is 13.7. The zero-order valence-electron chi connectivity index (χ0n) is 11.7. The predicted octanol–water partition coefficient (Wildman–Crippen LogP) is 3.87. The van der Waals surface area contributed by atoms with E-state index in [1.54, 1.807) is 48.5 Å². The molecule has 1 aliphatic rings. The van der Waals surface area contributed by atoms with Crippen LogP contribution in [0.3, 0.4) is 0 Å². The molecule has 3 nitrogen and oxygen atoms in total. The maximum Gasteiger partial charge on any atom is 0.273 e. The molecule has 6 heteroatoms. The van der Waals surface area contributed by atoms with Crippen molar-refractivity contribution in [2.24, 2.45) is 0 Å². The Morgan fingerprint density at radius 1 is 1.09 bits per heavy atom. The van der Waals surface area contributed by atoms with Crippen LogP contribution in [-0.4, -0.2) is 21.0 Å². The molecule has 2 aromatic rings. The second-order valence-electron chi connectivity index (χ2n) is 4.71. The van der Waals surface area contributed by atoms with Crippen molar-refractivity contribution in [1.82, 2.24) is 4.90 Å². The number of thioether (sulfide) groups is 1. The highest BCUT2D eigenvalue weighted by Crippen LogP contribution is 2.33. The first-order valence-electron chi connectivity index (χ1n) is 6.70. The van der Waals surface area contributed by atoms with Gasteiger partial charge in [-0.1, -0.05) is 60.4 Å². The summed E-state index contributed by atoms with van der Waals surface area (Å²) in [5.74, 6) is -1.45. The lowest BCUT2D eigenvalue weighted by Gasteiger charge is -2.12. The Bertz CT molecular complexity index is 833. The molecule has 2 aromatic carbocycles. The van der Waals surface area contributed by atoms with E-state index in [0.717, 1.165) is 16.7 Å². The highest BCUT2D eigenvalue weighted by atomic mass is 32.2. The van der Waals surface area contributed by atoms with Crippen LogP contribution in [0, 0.1) is 5.82 Å². The van der Waals surface area contributed by atoms with Crippen molar-refractivity contribution >= 4 is 46.2 Å². The van der Waals surface area contributed by atoms with E-state index in [4.69, 9.17) is 12.2 Å². The molecule has 114 valence electrons. The van der Waals surface area contributed by atoms with Gasteiger partial charge in [-0.2, -0.15) is 0 Å². The molecule has 23 heavy (non-hydrogen) atoms. The molecule has 0 bridgehead atoms. The number of carbonyl (C=O) groups is 2.